The van der Waals surface area contributed by atoms with Gasteiger partial charge in [0.2, 0.25) is 0 Å². The van der Waals surface area contributed by atoms with Crippen molar-refractivity contribution >= 4 is 23.0 Å². The normalized spacial score (nSPS) is 30.1. The van der Waals surface area contributed by atoms with Crippen LogP contribution in [0.5, 0.6) is 0 Å². The molecule has 2 aliphatic carbocycles. The second kappa shape index (κ2) is 3.96. The fourth-order valence-electron chi connectivity index (χ4n) is 3.46. The predicted octanol–water partition coefficient (Wildman–Crippen LogP) is 4.53. The molecule has 1 fully saturated rings. The summed E-state index contributed by atoms with van der Waals surface area (Å²) in [6, 6.07) is 5.50. The number of halogens is 1. The molecule has 18 heavy (non-hydrogen) atoms. The molecule has 0 amide bonds. The van der Waals surface area contributed by atoms with E-state index in [4.69, 9.17) is 15.7 Å². The van der Waals surface area contributed by atoms with Gasteiger partial charge in [-0.1, -0.05) is 29.3 Å². The summed E-state index contributed by atoms with van der Waals surface area (Å²) in [5.74, 6) is 0.207. The molecule has 0 bridgehead atoms. The molecular formula is C16H17ClO. The van der Waals surface area contributed by atoms with Gasteiger partial charge in [0.15, 0.2) is 0 Å². The Morgan fingerprint density at radius 1 is 1.44 bits per heavy atom. The molecule has 1 aromatic carbocycles. The van der Waals surface area contributed by atoms with E-state index in [1.54, 1.807) is 6.07 Å². The van der Waals surface area contributed by atoms with E-state index in [0.29, 0.717) is 29.0 Å². The van der Waals surface area contributed by atoms with E-state index >= 15 is 0 Å². The first-order valence-corrected chi connectivity index (χ1v) is 6.68. The molecular weight excluding hydrogens is 244 g/mol. The van der Waals surface area contributed by atoms with Gasteiger partial charge in [0.05, 0.1) is 0 Å². The van der Waals surface area contributed by atoms with Gasteiger partial charge in [-0.15, -0.1) is 0 Å². The Hall–Kier alpha value is -1.08. The molecule has 0 unspecified atom stereocenters. The van der Waals surface area contributed by atoms with Gasteiger partial charge in [-0.3, -0.25) is 4.79 Å². The minimum Gasteiger partial charge on any atom is -0.300 e. The second-order valence-electron chi connectivity index (χ2n) is 5.31. The van der Waals surface area contributed by atoms with E-state index in [1.807, 2.05) is 19.1 Å². The maximum Gasteiger partial charge on any atom is 0.134 e. The molecule has 1 atom stereocenters. The number of hydrogen-bond donors (Lipinski definition) is 0. The lowest BCUT2D eigenvalue weighted by Gasteiger charge is -2.35. The summed E-state index contributed by atoms with van der Waals surface area (Å²) in [6.07, 6.45) is 2.60. The number of benzene rings is 1. The quantitative estimate of drug-likeness (QED) is 0.672. The zero-order chi connectivity index (χ0) is 15.4. The van der Waals surface area contributed by atoms with Crippen LogP contribution in [0.25, 0.3) is 5.57 Å². The van der Waals surface area contributed by atoms with Crippen molar-refractivity contribution in [3.8, 4) is 0 Å². The topological polar surface area (TPSA) is 17.1 Å². The Kier molecular flexibility index (Phi) is 1.96. The van der Waals surface area contributed by atoms with Crippen molar-refractivity contribution in [3.63, 3.8) is 0 Å². The van der Waals surface area contributed by atoms with Crippen LogP contribution < -0.4 is 0 Å². The van der Waals surface area contributed by atoms with Crippen LogP contribution in [0.3, 0.4) is 0 Å². The van der Waals surface area contributed by atoms with Gasteiger partial charge in [-0.25, -0.2) is 0 Å². The smallest absolute Gasteiger partial charge is 0.134 e. The number of hydrogen-bond acceptors (Lipinski definition) is 1. The highest BCUT2D eigenvalue weighted by atomic mass is 35.5. The molecule has 94 valence electrons. The Morgan fingerprint density at radius 2 is 2.28 bits per heavy atom. The fraction of sp³-hybridized carbons (Fsp3) is 0.438. The van der Waals surface area contributed by atoms with Gasteiger partial charge >= 0.3 is 0 Å². The largest absolute Gasteiger partial charge is 0.300 e. The average molecular weight is 264 g/mol. The van der Waals surface area contributed by atoms with Crippen molar-refractivity contribution in [3.05, 3.63) is 39.9 Å². The first-order valence-electron chi connectivity index (χ1n) is 7.80. The number of allylic oxidation sites excluding steroid dienone is 2. The van der Waals surface area contributed by atoms with Crippen LogP contribution in [0.1, 0.15) is 54.7 Å². The van der Waals surface area contributed by atoms with E-state index < -0.39 is 12.3 Å². The van der Waals surface area contributed by atoms with Gasteiger partial charge in [0.1, 0.15) is 5.78 Å². The summed E-state index contributed by atoms with van der Waals surface area (Å²) in [7, 11) is 0. The fourth-order valence-corrected chi connectivity index (χ4v) is 3.73. The zero-order valence-electron chi connectivity index (χ0n) is 13.3. The standard InChI is InChI=1S/C16H17ClO/c1-10-11(2)16(8-4-5-12(18)9-16)13-6-3-7-14(17)15(10)13/h3,6-7H,4-5,8-9H2,1-2H3/t16-/m0/s1/i1D3. The van der Waals surface area contributed by atoms with Crippen molar-refractivity contribution in [1.82, 2.24) is 0 Å². The van der Waals surface area contributed by atoms with Crippen molar-refractivity contribution in [2.24, 2.45) is 0 Å². The summed E-state index contributed by atoms with van der Waals surface area (Å²) in [5.41, 5.74) is 2.24. The first kappa shape index (κ1) is 8.92. The molecule has 1 spiro atoms. The van der Waals surface area contributed by atoms with Gasteiger partial charge in [0.25, 0.3) is 0 Å². The Labute approximate surface area is 117 Å². The van der Waals surface area contributed by atoms with Crippen molar-refractivity contribution < 1.29 is 8.91 Å². The predicted molar refractivity (Wildman–Crippen MR) is 74.9 cm³/mol. The van der Waals surface area contributed by atoms with E-state index in [2.05, 4.69) is 0 Å². The van der Waals surface area contributed by atoms with E-state index in [1.165, 1.54) is 0 Å². The molecule has 2 heteroatoms. The van der Waals surface area contributed by atoms with Gasteiger partial charge in [0, 0.05) is 33.0 Å². The van der Waals surface area contributed by atoms with Gasteiger partial charge in [-0.05, 0) is 43.8 Å². The second-order valence-corrected chi connectivity index (χ2v) is 5.72. The number of fused-ring (bicyclic) bond motifs is 2. The summed E-state index contributed by atoms with van der Waals surface area (Å²) in [6.45, 7) is -0.357. The minimum atomic E-state index is -2.21. The summed E-state index contributed by atoms with van der Waals surface area (Å²) in [4.78, 5) is 12.0. The summed E-state index contributed by atoms with van der Waals surface area (Å²) < 4.78 is 23.6. The SMILES string of the molecule is [2H]C([2H])([2H])C1=C(C)[C@@]2(CCCC(=O)C2)c2cccc(Cl)c21. The number of Topliss-reactive ketones (excluding diaryl/α,β-unsaturated/α-hetero) is 1. The molecule has 3 rings (SSSR count). The molecule has 1 nitrogen and oxygen atoms in total. The summed E-state index contributed by atoms with van der Waals surface area (Å²) in [5, 5.41) is 0.466. The molecule has 1 saturated carbocycles. The number of rotatable bonds is 0. The molecule has 0 aliphatic heterocycles. The third-order valence-electron chi connectivity index (χ3n) is 4.43. The Balaban J connectivity index is 2.31. The van der Waals surface area contributed by atoms with E-state index in [0.717, 1.165) is 24.0 Å². The molecule has 0 N–H and O–H groups in total. The van der Waals surface area contributed by atoms with Crippen LogP contribution in [0.2, 0.25) is 5.02 Å². The highest BCUT2D eigenvalue weighted by Gasteiger charge is 2.45. The molecule has 2 aliphatic rings. The van der Waals surface area contributed by atoms with Crippen LogP contribution in [-0.4, -0.2) is 5.78 Å². The third-order valence-corrected chi connectivity index (χ3v) is 4.75. The van der Waals surface area contributed by atoms with Crippen LogP contribution in [-0.2, 0) is 10.2 Å². The van der Waals surface area contributed by atoms with Crippen molar-refractivity contribution in [2.45, 2.75) is 44.9 Å². The molecule has 1 aromatic rings. The van der Waals surface area contributed by atoms with Crippen LogP contribution in [0.15, 0.2) is 23.8 Å². The molecule has 0 radical (unpaired) electrons. The number of carbonyl (C=O) groups is 1. The Morgan fingerprint density at radius 3 is 3.00 bits per heavy atom. The average Bonchev–Trinajstić information content (AvgIpc) is 2.61. The molecule has 0 aromatic heterocycles. The monoisotopic (exact) mass is 263 g/mol. The van der Waals surface area contributed by atoms with Crippen LogP contribution in [0, 0.1) is 0 Å². The van der Waals surface area contributed by atoms with E-state index in [-0.39, 0.29) is 5.78 Å². The third kappa shape index (κ3) is 1.43. The van der Waals surface area contributed by atoms with E-state index in [9.17, 15) is 4.79 Å². The van der Waals surface area contributed by atoms with Crippen LogP contribution in [0.4, 0.5) is 0 Å². The Bertz CT molecular complexity index is 660. The highest BCUT2D eigenvalue weighted by molar-refractivity contribution is 6.32. The lowest BCUT2D eigenvalue weighted by atomic mass is 9.67. The van der Waals surface area contributed by atoms with Crippen molar-refractivity contribution in [2.75, 3.05) is 0 Å². The lowest BCUT2D eigenvalue weighted by molar-refractivity contribution is -0.121. The van der Waals surface area contributed by atoms with Crippen molar-refractivity contribution in [1.29, 1.82) is 0 Å². The van der Waals surface area contributed by atoms with Gasteiger partial charge < -0.3 is 0 Å². The zero-order valence-corrected chi connectivity index (χ0v) is 11.1. The summed E-state index contributed by atoms with van der Waals surface area (Å²) >= 11 is 6.31. The molecule has 0 saturated heterocycles. The minimum absolute atomic E-state index is 0.207. The maximum atomic E-state index is 12.0. The first-order chi connectivity index (χ1) is 9.77. The maximum absolute atomic E-state index is 12.0. The van der Waals surface area contributed by atoms with Crippen LogP contribution >= 0.6 is 11.6 Å². The lowest BCUT2D eigenvalue weighted by Crippen LogP contribution is -2.32. The number of carbonyl (C=O) groups excluding carboxylic acids is 1. The number of ketones is 1. The van der Waals surface area contributed by atoms with Gasteiger partial charge in [-0.2, -0.15) is 0 Å². The highest BCUT2D eigenvalue weighted by Crippen LogP contribution is 2.54. The molecule has 0 heterocycles.